The van der Waals surface area contributed by atoms with E-state index in [0.29, 0.717) is 0 Å². The van der Waals surface area contributed by atoms with Crippen molar-refractivity contribution in [1.29, 1.82) is 0 Å². The molecule has 0 aliphatic heterocycles. The van der Waals surface area contributed by atoms with E-state index in [-0.39, 0.29) is 0 Å². The fraction of sp³-hybridized carbons (Fsp3) is 0.148. The molecule has 0 amide bonds. The number of hydrogen-bond donors (Lipinski definition) is 0. The number of aromatic nitrogens is 1. The van der Waals surface area contributed by atoms with Crippen LogP contribution in [0.25, 0.3) is 115 Å². The molecule has 124 heavy (non-hydrogen) atoms. The second-order valence-corrected chi connectivity index (χ2v) is 33.5. The van der Waals surface area contributed by atoms with Crippen LogP contribution in [0, 0.1) is 125 Å². The molecule has 1 aromatic heterocycles. The molecule has 0 spiro atoms. The first-order valence-corrected chi connectivity index (χ1v) is 43.6. The van der Waals surface area contributed by atoms with Gasteiger partial charge in [-0.1, -0.05) is 309 Å². The second-order valence-electron chi connectivity index (χ2n) is 33.5. The summed E-state index contributed by atoms with van der Waals surface area (Å²) in [5.41, 5.74) is 39.8. The molecule has 2 nitrogen and oxygen atoms in total. The predicted octanol–water partition coefficient (Wildman–Crippen LogP) is 34.7. The van der Waals surface area contributed by atoms with Crippen LogP contribution in [-0.2, 0) is 0 Å². The molecule has 0 saturated carbocycles. The summed E-state index contributed by atoms with van der Waals surface area (Å²) in [5.74, 6) is 0. The lowest BCUT2D eigenvalue weighted by Crippen LogP contribution is -2.09. The van der Waals surface area contributed by atoms with Crippen LogP contribution in [0.4, 0.5) is 17.1 Å². The summed E-state index contributed by atoms with van der Waals surface area (Å²) < 4.78 is 2.36. The van der Waals surface area contributed by atoms with Crippen molar-refractivity contribution in [2.45, 2.75) is 125 Å². The molecule has 1 heterocycles. The quantitative estimate of drug-likeness (QED) is 0.144. The SMILES string of the molecule is Cc1cc2c(c(C)c1C)c(C)c(C)c1ccccc12.Cc1ccc(-c2ccc3ccccc3c2)cc1C.Cc1ccc(-c2cccc3ccccc23)cc1C.Cc1ccc(-c2ccccc2)c(C)c1C.Cc1ccc(-n2c3ccccc3c3ccccc32)cc1C.Cc1ccc(N(c2ccccc2)c2ccccc2)cc1C.Cc1ccc2ccccc2c1C. The van der Waals surface area contributed by atoms with Crippen LogP contribution < -0.4 is 4.90 Å². The lowest BCUT2D eigenvalue weighted by atomic mass is 9.87. The molecule has 614 valence electrons. The molecule has 0 radical (unpaired) electrons. The van der Waals surface area contributed by atoms with Crippen molar-refractivity contribution in [3.05, 3.63) is 476 Å². The van der Waals surface area contributed by atoms with Crippen LogP contribution in [-0.4, -0.2) is 4.57 Å². The van der Waals surface area contributed by atoms with Gasteiger partial charge in [-0.25, -0.2) is 0 Å². The Morgan fingerprint density at radius 3 is 1.16 bits per heavy atom. The maximum atomic E-state index is 2.36. The second kappa shape index (κ2) is 39.3. The molecular formula is C122H116N2. The minimum absolute atomic E-state index is 1.17. The Bertz CT molecular complexity index is 7080. The van der Waals surface area contributed by atoms with Gasteiger partial charge in [-0.2, -0.15) is 0 Å². The largest absolute Gasteiger partial charge is 0.310 e. The summed E-state index contributed by atoms with van der Waals surface area (Å²) >= 11 is 0. The zero-order valence-corrected chi connectivity index (χ0v) is 75.7. The van der Waals surface area contributed by atoms with Gasteiger partial charge in [0.05, 0.1) is 11.0 Å². The summed E-state index contributed by atoms with van der Waals surface area (Å²) in [6, 6.07) is 134. The van der Waals surface area contributed by atoms with E-state index >= 15 is 0 Å². The molecule has 0 bridgehead atoms. The molecular weight excluding hydrogens is 1490 g/mol. The third-order valence-electron chi connectivity index (χ3n) is 25.6. The highest BCUT2D eigenvalue weighted by atomic mass is 15.1. The summed E-state index contributed by atoms with van der Waals surface area (Å²) in [6.07, 6.45) is 0. The van der Waals surface area contributed by atoms with Gasteiger partial charge in [-0.15, -0.1) is 0 Å². The van der Waals surface area contributed by atoms with Crippen molar-refractivity contribution in [1.82, 2.24) is 4.57 Å². The Morgan fingerprint density at radius 1 is 0.169 bits per heavy atom. The first kappa shape index (κ1) is 86.5. The molecule has 0 N–H and O–H groups in total. The standard InChI is InChI=1S/C20H17N.C20H19N.C19H20.2C18H16.C15H16.C12H12/c1-14-11-12-16(13-15(14)2)21-19-9-5-3-7-17(19)18-8-4-6-10-20(18)21;1-16-13-14-20(15-17(16)2)21(18-9-5-3-6-10-18)19-11-7-4-8-12-19;1-11-10-18-17-9-7-6-8-16(17)13(3)15(5)19(18)14(4)12(11)2;1-13-10-11-16(12-14(13)2)18-9-5-7-15-6-3-4-8-17(15)18;1-13-7-8-17(11-14(13)2)18-10-9-15-5-3-4-6-16(15)12-18;1-11-9-10-15(13(3)12(11)2)14-7-5-4-6-8-14;1-9-7-8-11-5-3-4-6-12(11)10(9)2/h3-13H,1-2H3;3-15H,1-2H3;6-10H,1-5H3;2*3-12H,1-2H3;4-10H,1-3H3;3-8H,1-2H3. The zero-order valence-electron chi connectivity index (χ0n) is 75.7. The zero-order chi connectivity index (χ0) is 87.2. The van der Waals surface area contributed by atoms with E-state index in [2.05, 4.69) is 498 Å². The lowest BCUT2D eigenvalue weighted by Gasteiger charge is -2.26. The molecule has 0 saturated heterocycles. The van der Waals surface area contributed by atoms with Crippen LogP contribution >= 0.6 is 0 Å². The summed E-state index contributed by atoms with van der Waals surface area (Å²) in [5, 5.41) is 16.2. The smallest absolute Gasteiger partial charge is 0.0541 e. The number of benzene rings is 19. The Kier molecular flexibility index (Phi) is 27.4. The number of hydrogen-bond acceptors (Lipinski definition) is 1. The van der Waals surface area contributed by atoms with Gasteiger partial charge in [-0.05, 0) is 379 Å². The van der Waals surface area contributed by atoms with E-state index in [0.717, 1.165) is 0 Å². The maximum Gasteiger partial charge on any atom is 0.0541 e. The minimum atomic E-state index is 1.17. The van der Waals surface area contributed by atoms with E-state index in [1.807, 2.05) is 12.1 Å². The van der Waals surface area contributed by atoms with Crippen LogP contribution in [0.3, 0.4) is 0 Å². The first-order valence-electron chi connectivity index (χ1n) is 43.6. The van der Waals surface area contributed by atoms with Crippen LogP contribution in [0.2, 0.25) is 0 Å². The van der Waals surface area contributed by atoms with E-state index in [1.54, 1.807) is 0 Å². The van der Waals surface area contributed by atoms with Gasteiger partial charge in [-0.3, -0.25) is 0 Å². The summed E-state index contributed by atoms with van der Waals surface area (Å²) in [4.78, 5) is 2.28. The summed E-state index contributed by atoms with van der Waals surface area (Å²) in [7, 11) is 0. The van der Waals surface area contributed by atoms with Gasteiger partial charge in [0, 0.05) is 33.5 Å². The van der Waals surface area contributed by atoms with Crippen LogP contribution in [0.1, 0.15) is 100 Å². The number of aryl methyl sites for hydroxylation is 15. The van der Waals surface area contributed by atoms with Gasteiger partial charge in [0.1, 0.15) is 0 Å². The Labute approximate surface area is 737 Å². The number of para-hydroxylation sites is 4. The van der Waals surface area contributed by atoms with Crippen molar-refractivity contribution in [2.24, 2.45) is 0 Å². The molecule has 0 unspecified atom stereocenters. The molecule has 2 heteroatoms. The molecule has 20 aromatic rings. The summed E-state index contributed by atoms with van der Waals surface area (Å²) in [6.45, 7) is 39.4. The lowest BCUT2D eigenvalue weighted by molar-refractivity contribution is 1.16. The van der Waals surface area contributed by atoms with E-state index < -0.39 is 0 Å². The fourth-order valence-electron chi connectivity index (χ4n) is 16.8. The first-order chi connectivity index (χ1) is 60.0. The normalized spacial score (nSPS) is 10.8. The third kappa shape index (κ3) is 19.3. The number of fused-ring (bicyclic) bond motifs is 9. The van der Waals surface area contributed by atoms with Gasteiger partial charge < -0.3 is 9.47 Å². The molecule has 0 atom stereocenters. The van der Waals surface area contributed by atoms with E-state index in [4.69, 9.17) is 0 Å². The topological polar surface area (TPSA) is 8.17 Å². The monoisotopic (exact) mass is 1610 g/mol. The van der Waals surface area contributed by atoms with Crippen LogP contribution in [0.5, 0.6) is 0 Å². The maximum absolute atomic E-state index is 2.36. The fourth-order valence-corrected chi connectivity index (χ4v) is 16.8. The molecule has 20 rings (SSSR count). The van der Waals surface area contributed by atoms with Gasteiger partial charge >= 0.3 is 0 Å². The number of rotatable bonds is 7. The van der Waals surface area contributed by atoms with Gasteiger partial charge in [0.25, 0.3) is 0 Å². The average Bonchev–Trinajstić information content (AvgIpc) is 0.919. The van der Waals surface area contributed by atoms with Crippen molar-refractivity contribution >= 4 is 92.7 Å². The Balaban J connectivity index is 0.000000118. The van der Waals surface area contributed by atoms with Crippen molar-refractivity contribution in [2.75, 3.05) is 4.90 Å². The number of nitrogens with zero attached hydrogens (tertiary/aromatic N) is 2. The number of anilines is 3. The molecule has 0 aliphatic carbocycles. The molecule has 0 aliphatic rings. The molecule has 19 aromatic carbocycles. The third-order valence-corrected chi connectivity index (χ3v) is 25.6. The molecule has 0 fully saturated rings. The van der Waals surface area contributed by atoms with Gasteiger partial charge in [0.15, 0.2) is 0 Å². The van der Waals surface area contributed by atoms with E-state index in [9.17, 15) is 0 Å². The van der Waals surface area contributed by atoms with Crippen molar-refractivity contribution in [3.8, 4) is 39.1 Å². The van der Waals surface area contributed by atoms with Crippen LogP contribution in [0.15, 0.2) is 376 Å². The van der Waals surface area contributed by atoms with Crippen molar-refractivity contribution in [3.63, 3.8) is 0 Å². The van der Waals surface area contributed by atoms with E-state index in [1.165, 1.54) is 232 Å². The highest BCUT2D eigenvalue weighted by Gasteiger charge is 2.17. The van der Waals surface area contributed by atoms with Crippen molar-refractivity contribution < 1.29 is 0 Å². The predicted molar refractivity (Wildman–Crippen MR) is 543 cm³/mol. The average molecular weight is 1610 g/mol. The highest BCUT2D eigenvalue weighted by molar-refractivity contribution is 6.12. The Morgan fingerprint density at radius 2 is 0.573 bits per heavy atom. The minimum Gasteiger partial charge on any atom is -0.310 e. The van der Waals surface area contributed by atoms with Gasteiger partial charge in [0.2, 0.25) is 0 Å². The Hall–Kier alpha value is -13.9. The highest BCUT2D eigenvalue weighted by Crippen LogP contribution is 2.40.